The Hall–Kier alpha value is -2.34. The number of hydrogen-bond donors (Lipinski definition) is 1. The second-order valence-corrected chi connectivity index (χ2v) is 7.37. The van der Waals surface area contributed by atoms with Crippen LogP contribution in [0.4, 0.5) is 0 Å². The highest BCUT2D eigenvalue weighted by molar-refractivity contribution is 5.92. The molecule has 2 aliphatic rings. The average molecular weight is 354 g/mol. The van der Waals surface area contributed by atoms with E-state index in [1.165, 1.54) is 0 Å². The lowest BCUT2D eigenvalue weighted by Gasteiger charge is -2.19. The quantitative estimate of drug-likeness (QED) is 0.919. The molecule has 1 aromatic carbocycles. The number of methoxy groups -OCH3 is 1. The zero-order valence-corrected chi connectivity index (χ0v) is 15.4. The first-order chi connectivity index (χ1) is 12.7. The fraction of sp³-hybridized carbons (Fsp3) is 0.500. The van der Waals surface area contributed by atoms with E-state index in [9.17, 15) is 4.79 Å². The van der Waals surface area contributed by atoms with Gasteiger partial charge in [0, 0.05) is 19.3 Å². The molecule has 1 N–H and O–H groups in total. The maximum Gasteiger partial charge on any atom is 0.274 e. The molecule has 0 bridgehead atoms. The number of likely N-dealkylation sites (tertiary alicyclic amines) is 1. The first-order valence-electron chi connectivity index (χ1n) is 9.36. The number of fused-ring (bicyclic) bond motifs is 1. The normalized spacial score (nSPS) is 22.8. The Morgan fingerprint density at radius 3 is 2.62 bits per heavy atom. The van der Waals surface area contributed by atoms with E-state index < -0.39 is 0 Å². The van der Waals surface area contributed by atoms with Crippen molar-refractivity contribution in [2.24, 2.45) is 11.8 Å². The summed E-state index contributed by atoms with van der Waals surface area (Å²) in [4.78, 5) is 14.9. The van der Waals surface area contributed by atoms with Gasteiger partial charge in [-0.1, -0.05) is 6.07 Å². The van der Waals surface area contributed by atoms with E-state index in [2.05, 4.69) is 10.4 Å². The number of amides is 1. The highest BCUT2D eigenvalue weighted by Crippen LogP contribution is 2.28. The number of hydrogen-bond acceptors (Lipinski definition) is 4. The van der Waals surface area contributed by atoms with Crippen LogP contribution in [-0.4, -0.2) is 53.9 Å². The van der Waals surface area contributed by atoms with Gasteiger partial charge in [0.15, 0.2) is 5.69 Å². The van der Waals surface area contributed by atoms with Crippen LogP contribution in [0, 0.1) is 18.8 Å². The number of carbonyl (C=O) groups excluding carboxylic acids is 1. The summed E-state index contributed by atoms with van der Waals surface area (Å²) in [6.07, 6.45) is 3.99. The Morgan fingerprint density at radius 1 is 1.19 bits per heavy atom. The van der Waals surface area contributed by atoms with E-state index in [-0.39, 0.29) is 5.91 Å². The summed E-state index contributed by atoms with van der Waals surface area (Å²) in [5.41, 5.74) is 2.47. The molecule has 4 rings (SSSR count). The Balaban J connectivity index is 1.52. The summed E-state index contributed by atoms with van der Waals surface area (Å²) >= 11 is 0. The van der Waals surface area contributed by atoms with Gasteiger partial charge in [0.2, 0.25) is 0 Å². The zero-order chi connectivity index (χ0) is 18.1. The maximum atomic E-state index is 12.9. The number of carbonyl (C=O) groups is 1. The van der Waals surface area contributed by atoms with Crippen molar-refractivity contribution in [2.45, 2.75) is 19.8 Å². The van der Waals surface area contributed by atoms with Crippen molar-refractivity contribution < 1.29 is 9.53 Å². The summed E-state index contributed by atoms with van der Waals surface area (Å²) in [6, 6.07) is 7.74. The lowest BCUT2D eigenvalue weighted by atomic mass is 9.92. The predicted molar refractivity (Wildman–Crippen MR) is 99.8 cm³/mol. The maximum absolute atomic E-state index is 12.9. The van der Waals surface area contributed by atoms with E-state index in [1.807, 2.05) is 36.2 Å². The molecule has 3 heterocycles. The molecule has 0 spiro atoms. The van der Waals surface area contributed by atoms with Crippen LogP contribution in [-0.2, 0) is 0 Å². The number of aromatic nitrogens is 2. The topological polar surface area (TPSA) is 59.4 Å². The molecular weight excluding hydrogens is 328 g/mol. The van der Waals surface area contributed by atoms with Gasteiger partial charge in [-0.2, -0.15) is 5.10 Å². The highest BCUT2D eigenvalue weighted by Gasteiger charge is 2.32. The molecule has 0 radical (unpaired) electrons. The largest absolute Gasteiger partial charge is 0.494 e. The molecule has 138 valence electrons. The lowest BCUT2D eigenvalue weighted by molar-refractivity contribution is 0.0752. The van der Waals surface area contributed by atoms with Gasteiger partial charge < -0.3 is 15.0 Å². The van der Waals surface area contributed by atoms with Gasteiger partial charge in [-0.25, -0.2) is 4.68 Å². The van der Waals surface area contributed by atoms with Crippen LogP contribution in [0.2, 0.25) is 0 Å². The number of ether oxygens (including phenoxy) is 1. The Labute approximate surface area is 154 Å². The van der Waals surface area contributed by atoms with Gasteiger partial charge in [0.25, 0.3) is 5.91 Å². The van der Waals surface area contributed by atoms with Gasteiger partial charge in [-0.3, -0.25) is 4.79 Å². The molecule has 2 saturated heterocycles. The number of aryl methyl sites for hydroxylation is 1. The minimum atomic E-state index is 0.0308. The van der Waals surface area contributed by atoms with E-state index in [0.29, 0.717) is 17.5 Å². The summed E-state index contributed by atoms with van der Waals surface area (Å²) in [6.45, 7) is 5.86. The monoisotopic (exact) mass is 354 g/mol. The number of nitrogens with zero attached hydrogens (tertiary/aromatic N) is 3. The smallest absolute Gasteiger partial charge is 0.274 e. The van der Waals surface area contributed by atoms with Gasteiger partial charge in [0.05, 0.1) is 7.11 Å². The third-order valence-corrected chi connectivity index (χ3v) is 5.70. The predicted octanol–water partition coefficient (Wildman–Crippen LogP) is 2.26. The van der Waals surface area contributed by atoms with Crippen molar-refractivity contribution in [3.8, 4) is 11.4 Å². The van der Waals surface area contributed by atoms with Crippen LogP contribution in [0.1, 0.15) is 28.9 Å². The molecule has 26 heavy (non-hydrogen) atoms. The van der Waals surface area contributed by atoms with Crippen LogP contribution in [0.3, 0.4) is 0 Å². The summed E-state index contributed by atoms with van der Waals surface area (Å²) < 4.78 is 7.17. The second kappa shape index (κ2) is 7.11. The summed E-state index contributed by atoms with van der Waals surface area (Å²) in [5.74, 6) is 2.19. The molecule has 2 atom stereocenters. The minimum Gasteiger partial charge on any atom is -0.494 e. The third-order valence-electron chi connectivity index (χ3n) is 5.70. The Kier molecular flexibility index (Phi) is 4.68. The molecule has 0 saturated carbocycles. The van der Waals surface area contributed by atoms with Crippen LogP contribution < -0.4 is 10.1 Å². The van der Waals surface area contributed by atoms with Crippen LogP contribution in [0.25, 0.3) is 5.69 Å². The van der Waals surface area contributed by atoms with Crippen molar-refractivity contribution in [3.63, 3.8) is 0 Å². The number of benzene rings is 1. The van der Waals surface area contributed by atoms with Gasteiger partial charge in [0.1, 0.15) is 11.4 Å². The van der Waals surface area contributed by atoms with Gasteiger partial charge in [-0.05, 0) is 68.5 Å². The third kappa shape index (κ3) is 3.21. The molecule has 2 aliphatic heterocycles. The average Bonchev–Trinajstić information content (AvgIpc) is 3.27. The van der Waals surface area contributed by atoms with Crippen molar-refractivity contribution in [2.75, 3.05) is 33.3 Å². The Bertz CT molecular complexity index is 787. The van der Waals surface area contributed by atoms with Crippen molar-refractivity contribution in [1.82, 2.24) is 20.0 Å². The van der Waals surface area contributed by atoms with Crippen molar-refractivity contribution >= 4 is 5.91 Å². The van der Waals surface area contributed by atoms with Crippen molar-refractivity contribution in [3.05, 3.63) is 41.7 Å². The van der Waals surface area contributed by atoms with E-state index >= 15 is 0 Å². The molecule has 1 aromatic heterocycles. The SMILES string of the molecule is COc1ccc(C)cc1-n1ccc(C(=O)N2CC[C@@H]3CNC[C@@H]3CC2)n1. The van der Waals surface area contributed by atoms with E-state index in [0.717, 1.165) is 56.0 Å². The molecule has 2 aromatic rings. The Morgan fingerprint density at radius 2 is 1.92 bits per heavy atom. The molecule has 2 fully saturated rings. The molecule has 6 heteroatoms. The van der Waals surface area contributed by atoms with Crippen molar-refractivity contribution in [1.29, 1.82) is 0 Å². The second-order valence-electron chi connectivity index (χ2n) is 7.37. The number of nitrogens with one attached hydrogen (secondary N) is 1. The first kappa shape index (κ1) is 17.1. The summed E-state index contributed by atoms with van der Waals surface area (Å²) in [5, 5.41) is 8.01. The molecule has 1 amide bonds. The van der Waals surface area contributed by atoms with E-state index in [1.54, 1.807) is 17.9 Å². The zero-order valence-electron chi connectivity index (χ0n) is 15.4. The minimum absolute atomic E-state index is 0.0308. The molecule has 0 unspecified atom stereocenters. The van der Waals surface area contributed by atoms with E-state index in [4.69, 9.17) is 4.74 Å². The first-order valence-corrected chi connectivity index (χ1v) is 9.36. The molecule has 0 aliphatic carbocycles. The lowest BCUT2D eigenvalue weighted by Crippen LogP contribution is -2.33. The number of rotatable bonds is 3. The molecule has 6 nitrogen and oxygen atoms in total. The summed E-state index contributed by atoms with van der Waals surface area (Å²) in [7, 11) is 1.65. The highest BCUT2D eigenvalue weighted by atomic mass is 16.5. The van der Waals surface area contributed by atoms with Crippen LogP contribution in [0.5, 0.6) is 5.75 Å². The van der Waals surface area contributed by atoms with Crippen LogP contribution >= 0.6 is 0 Å². The fourth-order valence-corrected chi connectivity index (χ4v) is 4.13. The van der Waals surface area contributed by atoms with Crippen LogP contribution in [0.15, 0.2) is 30.5 Å². The standard InChI is InChI=1S/C20H26N4O2/c1-14-3-4-19(26-2)18(11-14)24-10-7-17(22-24)20(25)23-8-5-15-12-21-13-16(15)6-9-23/h3-4,7,10-11,15-16,21H,5-6,8-9,12-13H2,1-2H3/t15-,16+. The fourth-order valence-electron chi connectivity index (χ4n) is 4.13. The van der Waals surface area contributed by atoms with Gasteiger partial charge in [-0.15, -0.1) is 0 Å². The van der Waals surface area contributed by atoms with Gasteiger partial charge >= 0.3 is 0 Å². The molecular formula is C20H26N4O2.